The molecule has 10 heterocycles. The van der Waals surface area contributed by atoms with Crippen molar-refractivity contribution in [3.63, 3.8) is 0 Å². The Labute approximate surface area is 636 Å². The third-order valence-corrected chi connectivity index (χ3v) is 28.5. The monoisotopic (exact) mass is 1640 g/mol. The van der Waals surface area contributed by atoms with Crippen LogP contribution in [0.3, 0.4) is 0 Å². The molecule has 0 bridgehead atoms. The lowest BCUT2D eigenvalue weighted by molar-refractivity contribution is 0.108. The zero-order valence-electron chi connectivity index (χ0n) is 54.5. The van der Waals surface area contributed by atoms with E-state index in [1.807, 2.05) is 34.8 Å². The van der Waals surface area contributed by atoms with Crippen molar-refractivity contribution in [3.8, 4) is 72.8 Å². The molecule has 0 saturated heterocycles. The van der Waals surface area contributed by atoms with Crippen molar-refractivity contribution in [1.29, 1.82) is 0 Å². The fourth-order valence-electron chi connectivity index (χ4n) is 11.6. The number of hydrogen-bond donors (Lipinski definition) is 0. The summed E-state index contributed by atoms with van der Waals surface area (Å²) in [6.45, 7) is 2.27. The summed E-state index contributed by atoms with van der Waals surface area (Å²) < 4.78 is 85.7. The topological polar surface area (TPSA) is 59.1 Å². The lowest BCUT2D eigenvalue weighted by Gasteiger charge is -2.26. The maximum atomic E-state index is 11.3. The molecule has 103 heavy (non-hydrogen) atoms. The molecule has 0 amide bonds. The number of ether oxygens (including phenoxy) is 2. The largest absolute Gasteiger partial charge is 0.494 e. The molecule has 0 radical (unpaired) electrons. The standard InChI is InChI=1S/C46H37NO2S6.C32H20BrNO2S4.4F2/c1-3-4-5-6-7-35-20-21-38(50-35)39-23-22-37(52-39)29-8-14-32(15-9-29)47(33-16-10-30(11-17-33)40-25-43-42(53-40)24-36(28-48)51-43)34-18-12-31(13-19-34)41-26-44-45(54-41)27-46(49-2)55-44;1-36-26-18-37-31-16-28(40-32(26)31)20-4-10-23(11-5-20)34(24-12-6-21(33)7-13-24)22-8-2-19(3-9-22)27-15-30-29(39-27)14-25(17-35)38-30;4*1-2/h8-28H,3-7H2,1-2H3;2-18H,1H3;;;;. The number of fused-ring (bicyclic) bond motifs is 4. The first-order chi connectivity index (χ1) is 50.6. The number of rotatable bonds is 21. The minimum absolute atomic E-state index is 0.776. The van der Waals surface area contributed by atoms with Gasteiger partial charge in [0.25, 0.3) is 0 Å². The van der Waals surface area contributed by atoms with Gasteiger partial charge in [0.15, 0.2) is 17.6 Å². The van der Waals surface area contributed by atoms with Crippen molar-refractivity contribution >= 4 is 214 Å². The zero-order valence-corrected chi connectivity index (χ0v) is 64.2. The Morgan fingerprint density at radius 3 is 1.14 bits per heavy atom. The molecule has 6 nitrogen and oxygen atoms in total. The molecular weight excluding hydrogens is 1580 g/mol. The Morgan fingerprint density at radius 2 is 0.728 bits per heavy atom. The Kier molecular flexibility index (Phi) is 26.9. The average molecular weight is 1640 g/mol. The highest BCUT2D eigenvalue weighted by molar-refractivity contribution is 9.10. The summed E-state index contributed by atoms with van der Waals surface area (Å²) in [6.07, 6.45) is 8.25. The van der Waals surface area contributed by atoms with E-state index in [-0.39, 0.29) is 0 Å². The van der Waals surface area contributed by atoms with Gasteiger partial charge in [0.1, 0.15) is 5.75 Å². The molecule has 526 valence electrons. The Balaban J connectivity index is 0.000000196. The van der Waals surface area contributed by atoms with Crippen LogP contribution in [0.2, 0.25) is 0 Å². The van der Waals surface area contributed by atoms with E-state index in [0.29, 0.717) is 0 Å². The normalized spacial score (nSPS) is 10.8. The molecule has 0 fully saturated rings. The van der Waals surface area contributed by atoms with Crippen molar-refractivity contribution in [2.24, 2.45) is 0 Å². The number of nitrogens with zero attached hydrogens (tertiary/aromatic N) is 2. The number of thiophene rings is 10. The number of aryl methyl sites for hydroxylation is 1. The van der Waals surface area contributed by atoms with Gasteiger partial charge in [0, 0.05) is 159 Å². The van der Waals surface area contributed by atoms with Gasteiger partial charge >= 0.3 is 0 Å². The molecule has 0 unspecified atom stereocenters. The number of unbranched alkanes of at least 4 members (excludes halogenated alkanes) is 3. The van der Waals surface area contributed by atoms with Gasteiger partial charge < -0.3 is 19.3 Å². The fraction of sp³-hybridized carbons (Fsp3) is 0.103. The lowest BCUT2D eigenvalue weighted by atomic mass is 10.1. The van der Waals surface area contributed by atoms with Crippen molar-refractivity contribution in [1.82, 2.24) is 0 Å². The molecule has 0 N–H and O–H groups in total. The molecule has 0 aliphatic carbocycles. The third-order valence-electron chi connectivity index (χ3n) is 16.4. The molecule has 0 aliphatic heterocycles. The van der Waals surface area contributed by atoms with Crippen molar-refractivity contribution in [3.05, 3.63) is 237 Å². The van der Waals surface area contributed by atoms with Crippen LogP contribution in [0.5, 0.6) is 10.8 Å². The molecule has 0 saturated carbocycles. The third kappa shape index (κ3) is 17.5. The predicted octanol–water partition coefficient (Wildman–Crippen LogP) is 31.4. The molecule has 10 aromatic heterocycles. The van der Waals surface area contributed by atoms with Crippen LogP contribution >= 0.6 is 129 Å². The number of methoxy groups -OCH3 is 2. The first-order valence-corrected chi connectivity index (χ1v) is 40.4. The molecule has 6 aromatic carbocycles. The number of benzene rings is 6. The maximum absolute atomic E-state index is 11.3. The van der Waals surface area contributed by atoms with E-state index < -0.39 is 0 Å². The second-order valence-corrected chi connectivity index (χ2v) is 34.2. The van der Waals surface area contributed by atoms with Crippen LogP contribution in [0, 0.1) is 0 Å². The molecule has 16 aromatic rings. The first kappa shape index (κ1) is 76.0. The van der Waals surface area contributed by atoms with E-state index in [4.69, 9.17) is 46.1 Å². The minimum Gasteiger partial charge on any atom is -0.494 e. The molecule has 25 heteroatoms. The van der Waals surface area contributed by atoms with E-state index in [2.05, 4.69) is 238 Å². The van der Waals surface area contributed by atoms with Gasteiger partial charge in [-0.15, -0.1) is 102 Å². The number of carbonyl (C=O) groups excluding carboxylic acids is 2. The Morgan fingerprint density at radius 1 is 0.359 bits per heavy atom. The van der Waals surface area contributed by atoms with Gasteiger partial charge in [-0.3, -0.25) is 9.59 Å². The lowest BCUT2D eigenvalue weighted by Crippen LogP contribution is -2.09. The first-order valence-electron chi connectivity index (χ1n) is 31.4. The van der Waals surface area contributed by atoms with Crippen LogP contribution in [0.15, 0.2) is 222 Å². The number of anilines is 6. The van der Waals surface area contributed by atoms with Crippen LogP contribution in [-0.4, -0.2) is 26.8 Å². The highest BCUT2D eigenvalue weighted by atomic mass is 79.9. The highest BCUT2D eigenvalue weighted by Gasteiger charge is 2.20. The quantitative estimate of drug-likeness (QED) is 0.0406. The van der Waals surface area contributed by atoms with Crippen LogP contribution in [0.1, 0.15) is 56.8 Å². The van der Waals surface area contributed by atoms with Gasteiger partial charge in [-0.25, -0.2) is 0 Å². The zero-order chi connectivity index (χ0) is 72.5. The molecule has 0 atom stereocenters. The second-order valence-electron chi connectivity index (χ2n) is 22.6. The van der Waals surface area contributed by atoms with Gasteiger partial charge in [-0.1, -0.05) is 114 Å². The van der Waals surface area contributed by atoms with E-state index in [1.165, 1.54) is 118 Å². The summed E-state index contributed by atoms with van der Waals surface area (Å²) in [7, 11) is 3.46. The molecule has 16 rings (SSSR count). The average Bonchev–Trinajstić information content (AvgIpc) is 1.77. The molecular formula is C78H57BrF8N2O4S10. The summed E-state index contributed by atoms with van der Waals surface area (Å²) in [5.74, 6) is 0.950. The SMILES string of the molecule is CCCCCCc1ccc(-c2ccc(-c3ccc(N(c4ccc(-c5cc6sc(C=O)cc6s5)cc4)c4ccc(-c5cc6sc(OC)cc6s5)cc4)cc3)s2)s1.COc1csc2cc(-c3ccc(N(c4ccc(Br)cc4)c4ccc(-c5cc6sc(C=O)cc6s5)cc4)cc3)sc12.FF.FF.FF.FF. The van der Waals surface area contributed by atoms with Crippen molar-refractivity contribution in [2.75, 3.05) is 24.0 Å². The number of aldehydes is 2. The summed E-state index contributed by atoms with van der Waals surface area (Å²) >= 11 is 20.9. The maximum Gasteiger partial charge on any atom is 0.175 e. The predicted molar refractivity (Wildman–Crippen MR) is 432 cm³/mol. The van der Waals surface area contributed by atoms with Crippen LogP contribution < -0.4 is 19.3 Å². The summed E-state index contributed by atoms with van der Waals surface area (Å²) in [4.78, 5) is 39.0. The van der Waals surface area contributed by atoms with Gasteiger partial charge in [0.2, 0.25) is 0 Å². The van der Waals surface area contributed by atoms with E-state index >= 15 is 0 Å². The van der Waals surface area contributed by atoms with Gasteiger partial charge in [-0.2, -0.15) is 0 Å². The van der Waals surface area contributed by atoms with Crippen LogP contribution in [0.4, 0.5) is 70.7 Å². The summed E-state index contributed by atoms with van der Waals surface area (Å²) in [5.41, 5.74) is 12.5. The van der Waals surface area contributed by atoms with Gasteiger partial charge in [0.05, 0.1) is 28.7 Å². The number of hydrogen-bond acceptors (Lipinski definition) is 16. The summed E-state index contributed by atoms with van der Waals surface area (Å²) in [6, 6.07) is 76.8. The van der Waals surface area contributed by atoms with Crippen molar-refractivity contribution < 1.29 is 55.7 Å². The number of halogens is 9. The smallest absolute Gasteiger partial charge is 0.175 e. The van der Waals surface area contributed by atoms with Crippen molar-refractivity contribution in [2.45, 2.75) is 39.0 Å². The van der Waals surface area contributed by atoms with Gasteiger partial charge in [-0.05, 0) is 186 Å². The number of carbonyl (C=O) groups is 2. The Bertz CT molecular complexity index is 5270. The summed E-state index contributed by atoms with van der Waals surface area (Å²) in [5, 5.41) is 3.02. The van der Waals surface area contributed by atoms with Crippen LogP contribution in [-0.2, 0) is 6.42 Å². The van der Waals surface area contributed by atoms with E-state index in [1.54, 1.807) is 105 Å². The van der Waals surface area contributed by atoms with E-state index in [0.717, 1.165) is 90.5 Å². The van der Waals surface area contributed by atoms with E-state index in [9.17, 15) is 9.59 Å². The van der Waals surface area contributed by atoms with Crippen LogP contribution in [0.25, 0.3) is 99.6 Å². The molecule has 0 aliphatic rings. The molecule has 0 spiro atoms. The Hall–Kier alpha value is -8.18. The highest BCUT2D eigenvalue weighted by Crippen LogP contribution is 2.48. The fourth-order valence-corrected chi connectivity index (χ4v) is 23.0. The minimum atomic E-state index is 0.776. The second kappa shape index (κ2) is 36.5.